The van der Waals surface area contributed by atoms with E-state index in [0.717, 1.165) is 25.7 Å². The van der Waals surface area contributed by atoms with E-state index in [4.69, 9.17) is 4.74 Å². The van der Waals surface area contributed by atoms with Gasteiger partial charge in [0.2, 0.25) is 5.60 Å². The van der Waals surface area contributed by atoms with Crippen molar-refractivity contribution >= 4 is 5.97 Å². The van der Waals surface area contributed by atoms with E-state index in [1.54, 1.807) is 24.3 Å². The van der Waals surface area contributed by atoms with Crippen molar-refractivity contribution in [3.8, 4) is 0 Å². The van der Waals surface area contributed by atoms with Gasteiger partial charge in [-0.2, -0.15) is 0 Å². The van der Waals surface area contributed by atoms with Crippen LogP contribution >= 0.6 is 0 Å². The second-order valence-electron chi connectivity index (χ2n) is 7.43. The Balaban J connectivity index is 1.61. The van der Waals surface area contributed by atoms with Crippen LogP contribution < -0.4 is 5.32 Å². The highest BCUT2D eigenvalue weighted by molar-refractivity contribution is 5.85. The number of carbonyl (C=O) groups excluding carboxylic acids is 1. The number of carbonyl (C=O) groups is 1. The highest BCUT2D eigenvalue weighted by Gasteiger charge is 2.44. The molecule has 2 aliphatic rings. The number of piperidine rings is 2. The molecule has 2 atom stereocenters. The fourth-order valence-corrected chi connectivity index (χ4v) is 4.31. The van der Waals surface area contributed by atoms with Crippen LogP contribution in [-0.2, 0) is 15.1 Å². The molecule has 0 aliphatic carbocycles. The number of hydrogen-bond acceptors (Lipinski definition) is 4. The summed E-state index contributed by atoms with van der Waals surface area (Å²) in [6.07, 6.45) is 5.00. The standard InChI is InChI=1S/C22H25NO3/c24-21(26-20-14-18-12-7-13-19(15-20)23-18)22(25,16-8-3-1-4-9-16)17-10-5-2-6-11-17/h1-6,8-11,18-20,23,25H,7,12-15H2. The van der Waals surface area contributed by atoms with Crippen molar-refractivity contribution in [3.05, 3.63) is 71.8 Å². The Hall–Kier alpha value is -2.17. The number of hydrogen-bond donors (Lipinski definition) is 2. The van der Waals surface area contributed by atoms with Crippen LogP contribution in [0.1, 0.15) is 43.2 Å². The quantitative estimate of drug-likeness (QED) is 0.831. The first-order valence-corrected chi connectivity index (χ1v) is 9.47. The molecule has 2 heterocycles. The van der Waals surface area contributed by atoms with E-state index in [1.165, 1.54) is 6.42 Å². The molecule has 0 saturated carbocycles. The average molecular weight is 351 g/mol. The number of fused-ring (bicyclic) bond motifs is 2. The van der Waals surface area contributed by atoms with Crippen LogP contribution in [0.15, 0.2) is 60.7 Å². The van der Waals surface area contributed by atoms with E-state index in [1.807, 2.05) is 36.4 Å². The maximum Gasteiger partial charge on any atom is 0.347 e. The van der Waals surface area contributed by atoms with Crippen molar-refractivity contribution in [1.29, 1.82) is 0 Å². The molecular formula is C22H25NO3. The number of aliphatic hydroxyl groups is 1. The predicted octanol–water partition coefficient (Wildman–Crippen LogP) is 3.14. The van der Waals surface area contributed by atoms with Crippen LogP contribution in [0.5, 0.6) is 0 Å². The lowest BCUT2D eigenvalue weighted by Crippen LogP contribution is -2.52. The van der Waals surface area contributed by atoms with Gasteiger partial charge in [0.15, 0.2) is 0 Å². The largest absolute Gasteiger partial charge is 0.460 e. The molecule has 2 N–H and O–H groups in total. The third-order valence-electron chi connectivity index (χ3n) is 5.62. The Morgan fingerprint density at radius 2 is 1.42 bits per heavy atom. The first kappa shape index (κ1) is 17.3. The number of benzene rings is 2. The summed E-state index contributed by atoms with van der Waals surface area (Å²) in [7, 11) is 0. The predicted molar refractivity (Wildman–Crippen MR) is 99.6 cm³/mol. The number of esters is 1. The molecule has 26 heavy (non-hydrogen) atoms. The Labute approximate surface area is 154 Å². The minimum atomic E-state index is -1.79. The first-order chi connectivity index (χ1) is 12.7. The van der Waals surface area contributed by atoms with E-state index < -0.39 is 11.6 Å². The molecule has 0 spiro atoms. The van der Waals surface area contributed by atoms with Gasteiger partial charge in [-0.3, -0.25) is 0 Å². The number of rotatable bonds is 4. The highest BCUT2D eigenvalue weighted by Crippen LogP contribution is 2.34. The van der Waals surface area contributed by atoms with Gasteiger partial charge in [0, 0.05) is 12.1 Å². The Kier molecular flexibility index (Phi) is 4.79. The fourth-order valence-electron chi connectivity index (χ4n) is 4.31. The molecule has 136 valence electrons. The van der Waals surface area contributed by atoms with Crippen LogP contribution in [0.4, 0.5) is 0 Å². The molecule has 4 rings (SSSR count). The van der Waals surface area contributed by atoms with Crippen molar-refractivity contribution in [1.82, 2.24) is 5.32 Å². The van der Waals surface area contributed by atoms with Gasteiger partial charge in [0.1, 0.15) is 6.10 Å². The van der Waals surface area contributed by atoms with Crippen molar-refractivity contribution in [2.24, 2.45) is 0 Å². The van der Waals surface area contributed by atoms with Crippen molar-refractivity contribution in [3.63, 3.8) is 0 Å². The molecule has 4 heteroatoms. The minimum absolute atomic E-state index is 0.141. The molecule has 0 aromatic heterocycles. The summed E-state index contributed by atoms with van der Waals surface area (Å²) in [6, 6.07) is 19.0. The van der Waals surface area contributed by atoms with Crippen LogP contribution in [0.25, 0.3) is 0 Å². The van der Waals surface area contributed by atoms with E-state index in [9.17, 15) is 9.90 Å². The van der Waals surface area contributed by atoms with Gasteiger partial charge in [-0.15, -0.1) is 0 Å². The second-order valence-corrected chi connectivity index (χ2v) is 7.43. The van der Waals surface area contributed by atoms with Crippen LogP contribution in [0.3, 0.4) is 0 Å². The summed E-state index contributed by atoms with van der Waals surface area (Å²) in [5.41, 5.74) is -0.724. The second kappa shape index (κ2) is 7.22. The molecule has 2 fully saturated rings. The van der Waals surface area contributed by atoms with E-state index in [0.29, 0.717) is 23.2 Å². The Morgan fingerprint density at radius 3 is 1.92 bits per heavy atom. The van der Waals surface area contributed by atoms with Crippen molar-refractivity contribution in [2.45, 2.75) is 55.9 Å². The maximum absolute atomic E-state index is 13.2. The molecule has 4 nitrogen and oxygen atoms in total. The van der Waals surface area contributed by atoms with Crippen molar-refractivity contribution in [2.75, 3.05) is 0 Å². The maximum atomic E-state index is 13.2. The topological polar surface area (TPSA) is 58.6 Å². The molecule has 2 bridgehead atoms. The lowest BCUT2D eigenvalue weighted by molar-refractivity contribution is -0.170. The lowest BCUT2D eigenvalue weighted by Gasteiger charge is -2.40. The minimum Gasteiger partial charge on any atom is -0.460 e. The molecule has 2 aromatic carbocycles. The fraction of sp³-hybridized carbons (Fsp3) is 0.409. The Bertz CT molecular complexity index is 695. The normalized spacial score (nSPS) is 25.5. The summed E-state index contributed by atoms with van der Waals surface area (Å²) in [5, 5.41) is 15.1. The molecule has 2 saturated heterocycles. The summed E-state index contributed by atoms with van der Waals surface area (Å²) in [6.45, 7) is 0. The van der Waals surface area contributed by atoms with E-state index >= 15 is 0 Å². The zero-order valence-corrected chi connectivity index (χ0v) is 14.8. The van der Waals surface area contributed by atoms with Gasteiger partial charge in [0.25, 0.3) is 0 Å². The van der Waals surface area contributed by atoms with Gasteiger partial charge in [-0.25, -0.2) is 4.79 Å². The molecule has 2 aromatic rings. The van der Waals surface area contributed by atoms with E-state index in [2.05, 4.69) is 5.32 Å². The third kappa shape index (κ3) is 3.27. The van der Waals surface area contributed by atoms with E-state index in [-0.39, 0.29) is 6.10 Å². The zero-order valence-electron chi connectivity index (χ0n) is 14.8. The number of ether oxygens (including phenoxy) is 1. The van der Waals surface area contributed by atoms with Gasteiger partial charge in [-0.1, -0.05) is 67.1 Å². The molecule has 2 aliphatic heterocycles. The van der Waals surface area contributed by atoms with Gasteiger partial charge >= 0.3 is 5.97 Å². The summed E-state index contributed by atoms with van der Waals surface area (Å²) >= 11 is 0. The zero-order chi connectivity index (χ0) is 18.0. The lowest BCUT2D eigenvalue weighted by atomic mass is 9.84. The van der Waals surface area contributed by atoms with Gasteiger partial charge < -0.3 is 15.2 Å². The SMILES string of the molecule is O=C(OC1CC2CCCC(C1)N2)C(O)(c1ccccc1)c1ccccc1. The highest BCUT2D eigenvalue weighted by atomic mass is 16.6. The van der Waals surface area contributed by atoms with Crippen molar-refractivity contribution < 1.29 is 14.6 Å². The van der Waals surface area contributed by atoms with Gasteiger partial charge in [0.05, 0.1) is 0 Å². The number of nitrogens with one attached hydrogen (secondary N) is 1. The molecule has 2 unspecified atom stereocenters. The summed E-state index contributed by atoms with van der Waals surface area (Å²) in [5.74, 6) is -0.583. The van der Waals surface area contributed by atoms with Gasteiger partial charge in [-0.05, 0) is 36.8 Å². The summed E-state index contributed by atoms with van der Waals surface area (Å²) < 4.78 is 5.87. The van der Waals surface area contributed by atoms with Crippen LogP contribution in [0.2, 0.25) is 0 Å². The summed E-state index contributed by atoms with van der Waals surface area (Å²) in [4.78, 5) is 13.2. The van der Waals surface area contributed by atoms with Crippen LogP contribution in [-0.4, -0.2) is 29.3 Å². The first-order valence-electron chi connectivity index (χ1n) is 9.47. The van der Waals surface area contributed by atoms with Crippen LogP contribution in [0, 0.1) is 0 Å². The Morgan fingerprint density at radius 1 is 0.923 bits per heavy atom. The smallest absolute Gasteiger partial charge is 0.347 e. The molecule has 0 radical (unpaired) electrons. The third-order valence-corrected chi connectivity index (χ3v) is 5.62. The molecular weight excluding hydrogens is 326 g/mol. The molecule has 0 amide bonds. The average Bonchev–Trinajstić information content (AvgIpc) is 2.68. The monoisotopic (exact) mass is 351 g/mol.